The van der Waals surface area contributed by atoms with E-state index in [0.29, 0.717) is 25.9 Å². The van der Waals surface area contributed by atoms with Gasteiger partial charge in [-0.2, -0.15) is 0 Å². The third-order valence-corrected chi connectivity index (χ3v) is 19.1. The minimum Gasteiger partial charge on any atom is -0.466 e. The number of hydrogen-bond donors (Lipinski definition) is 3. The smallest absolute Gasteiger partial charge is 0.305 e. The molecule has 0 aromatic carbocycles. The van der Waals surface area contributed by atoms with Crippen molar-refractivity contribution >= 4 is 11.9 Å². The number of aliphatic hydroxyl groups is 2. The topological polar surface area (TPSA) is 95.9 Å². The Kier molecular flexibility index (Phi) is 74.8. The number of carbonyl (C=O) groups excluding carboxylic acids is 2. The molecule has 0 aliphatic rings. The fourth-order valence-electron chi connectivity index (χ4n) is 13.0. The molecule has 0 aromatic heterocycles. The summed E-state index contributed by atoms with van der Waals surface area (Å²) >= 11 is 0. The lowest BCUT2D eigenvalue weighted by molar-refractivity contribution is -0.143. The van der Waals surface area contributed by atoms with Crippen LogP contribution in [0, 0.1) is 0 Å². The van der Waals surface area contributed by atoms with Gasteiger partial charge in [-0.05, 0) is 51.4 Å². The average Bonchev–Trinajstić information content (AvgIpc) is 3.51. The Balaban J connectivity index is 3.27. The first kappa shape index (κ1) is 84.6. The van der Waals surface area contributed by atoms with Crippen molar-refractivity contribution < 1.29 is 24.5 Å². The highest BCUT2D eigenvalue weighted by atomic mass is 16.5. The Morgan fingerprint density at radius 1 is 0.314 bits per heavy atom. The Morgan fingerprint density at radius 2 is 0.547 bits per heavy atom. The molecule has 0 aliphatic carbocycles. The van der Waals surface area contributed by atoms with Crippen LogP contribution in [0.15, 0.2) is 12.2 Å². The molecule has 2 atom stereocenters. The molecular formula is C80H157NO5. The molecule has 0 aromatic rings. The zero-order valence-electron chi connectivity index (χ0n) is 58.8. The van der Waals surface area contributed by atoms with E-state index in [-0.39, 0.29) is 18.5 Å². The first-order valence-corrected chi connectivity index (χ1v) is 39.9. The van der Waals surface area contributed by atoms with E-state index in [9.17, 15) is 19.8 Å². The van der Waals surface area contributed by atoms with E-state index >= 15 is 0 Å². The summed E-state index contributed by atoms with van der Waals surface area (Å²) in [5, 5.41) is 23.3. The van der Waals surface area contributed by atoms with Gasteiger partial charge in [0.1, 0.15) is 0 Å². The van der Waals surface area contributed by atoms with Crippen molar-refractivity contribution in [2.75, 3.05) is 13.2 Å². The maximum Gasteiger partial charge on any atom is 0.305 e. The van der Waals surface area contributed by atoms with Crippen molar-refractivity contribution in [2.45, 2.75) is 475 Å². The number of amides is 1. The summed E-state index contributed by atoms with van der Waals surface area (Å²) in [7, 11) is 0. The summed E-state index contributed by atoms with van der Waals surface area (Å²) in [6, 6.07) is -0.535. The number of esters is 1. The fraction of sp³-hybridized carbons (Fsp3) is 0.950. The Bertz CT molecular complexity index is 1300. The molecule has 0 saturated carbocycles. The lowest BCUT2D eigenvalue weighted by Crippen LogP contribution is -2.45. The zero-order chi connectivity index (χ0) is 62.0. The van der Waals surface area contributed by atoms with Gasteiger partial charge in [0, 0.05) is 12.8 Å². The van der Waals surface area contributed by atoms with Gasteiger partial charge in [-0.1, -0.05) is 411 Å². The van der Waals surface area contributed by atoms with Crippen LogP contribution in [0.2, 0.25) is 0 Å². The van der Waals surface area contributed by atoms with Crippen molar-refractivity contribution in [3.8, 4) is 0 Å². The minimum absolute atomic E-state index is 0.0177. The molecule has 86 heavy (non-hydrogen) atoms. The number of hydrogen-bond acceptors (Lipinski definition) is 5. The highest BCUT2D eigenvalue weighted by Gasteiger charge is 2.20. The molecule has 0 bridgehead atoms. The van der Waals surface area contributed by atoms with E-state index in [1.165, 1.54) is 385 Å². The predicted octanol–water partition coefficient (Wildman–Crippen LogP) is 26.3. The molecule has 0 radical (unpaired) electrons. The van der Waals surface area contributed by atoms with Crippen molar-refractivity contribution in [1.29, 1.82) is 0 Å². The van der Waals surface area contributed by atoms with Gasteiger partial charge in [-0.3, -0.25) is 9.59 Å². The van der Waals surface area contributed by atoms with E-state index in [1.807, 2.05) is 0 Å². The lowest BCUT2D eigenvalue weighted by atomic mass is 10.0. The Morgan fingerprint density at radius 3 is 0.826 bits per heavy atom. The van der Waals surface area contributed by atoms with Crippen LogP contribution in [0.4, 0.5) is 0 Å². The summed E-state index contributed by atoms with van der Waals surface area (Å²) in [6.45, 7) is 4.99. The van der Waals surface area contributed by atoms with E-state index in [0.717, 1.165) is 44.9 Å². The largest absolute Gasteiger partial charge is 0.466 e. The molecule has 0 saturated heterocycles. The van der Waals surface area contributed by atoms with Gasteiger partial charge < -0.3 is 20.3 Å². The van der Waals surface area contributed by atoms with E-state index in [4.69, 9.17) is 4.74 Å². The number of rotatable bonds is 76. The predicted molar refractivity (Wildman–Crippen MR) is 380 cm³/mol. The van der Waals surface area contributed by atoms with Crippen molar-refractivity contribution in [3.05, 3.63) is 12.2 Å². The molecule has 0 fully saturated rings. The summed E-state index contributed by atoms with van der Waals surface area (Å²) in [5.41, 5.74) is 0. The molecule has 2 unspecified atom stereocenters. The van der Waals surface area contributed by atoms with Crippen molar-refractivity contribution in [1.82, 2.24) is 5.32 Å². The summed E-state index contributed by atoms with van der Waals surface area (Å²) < 4.78 is 5.51. The number of aliphatic hydroxyl groups excluding tert-OH is 2. The lowest BCUT2D eigenvalue weighted by Gasteiger charge is -2.22. The first-order chi connectivity index (χ1) is 42.5. The van der Waals surface area contributed by atoms with Gasteiger partial charge in [0.15, 0.2) is 0 Å². The molecule has 0 aliphatic heterocycles. The third-order valence-electron chi connectivity index (χ3n) is 19.1. The van der Waals surface area contributed by atoms with E-state index in [1.54, 1.807) is 0 Å². The number of ether oxygens (including phenoxy) is 1. The zero-order valence-corrected chi connectivity index (χ0v) is 58.8. The quantitative estimate of drug-likeness (QED) is 0.0320. The van der Waals surface area contributed by atoms with Gasteiger partial charge >= 0.3 is 5.97 Å². The Hall–Kier alpha value is -1.40. The second-order valence-electron chi connectivity index (χ2n) is 27.8. The van der Waals surface area contributed by atoms with Crippen LogP contribution >= 0.6 is 0 Å². The summed E-state index contributed by atoms with van der Waals surface area (Å²) in [4.78, 5) is 24.6. The maximum atomic E-state index is 12.5. The normalized spacial score (nSPS) is 12.5. The van der Waals surface area contributed by atoms with E-state index < -0.39 is 12.1 Å². The van der Waals surface area contributed by atoms with Crippen LogP contribution < -0.4 is 5.32 Å². The van der Waals surface area contributed by atoms with Crippen LogP contribution in [0.3, 0.4) is 0 Å². The number of nitrogens with one attached hydrogen (secondary N) is 1. The van der Waals surface area contributed by atoms with Crippen LogP contribution in [0.5, 0.6) is 0 Å². The second kappa shape index (κ2) is 76.1. The van der Waals surface area contributed by atoms with Crippen molar-refractivity contribution in [3.63, 3.8) is 0 Å². The molecule has 512 valence electrons. The minimum atomic E-state index is -0.659. The summed E-state index contributed by atoms with van der Waals surface area (Å²) in [6.07, 6.45) is 96.1. The molecular weight excluding hydrogens is 1050 g/mol. The monoisotopic (exact) mass is 1210 g/mol. The van der Waals surface area contributed by atoms with Crippen molar-refractivity contribution in [2.24, 2.45) is 0 Å². The van der Waals surface area contributed by atoms with Crippen LogP contribution in [-0.4, -0.2) is 47.4 Å². The SMILES string of the molecule is CCCCCCCCC/C=C\CCCCCCCC(=O)OCCCCCCCCCCCCCCCCCCCCCCCCCCCCCCCCCCCCCCCCCC(=O)NC(CO)C(O)CCCCCCCCCCCCCCCC. The van der Waals surface area contributed by atoms with Crippen LogP contribution in [-0.2, 0) is 14.3 Å². The third kappa shape index (κ3) is 71.7. The fourth-order valence-corrected chi connectivity index (χ4v) is 13.0. The van der Waals surface area contributed by atoms with Gasteiger partial charge in [-0.15, -0.1) is 0 Å². The molecule has 0 rings (SSSR count). The van der Waals surface area contributed by atoms with Crippen LogP contribution in [0.25, 0.3) is 0 Å². The van der Waals surface area contributed by atoms with Gasteiger partial charge in [-0.25, -0.2) is 0 Å². The molecule has 3 N–H and O–H groups in total. The maximum absolute atomic E-state index is 12.5. The number of carbonyl (C=O) groups is 2. The first-order valence-electron chi connectivity index (χ1n) is 39.9. The molecule has 1 amide bonds. The number of unbranched alkanes of at least 4 members (excludes halogenated alkanes) is 63. The molecule has 6 heteroatoms. The van der Waals surface area contributed by atoms with Gasteiger partial charge in [0.05, 0.1) is 25.4 Å². The molecule has 0 spiro atoms. The highest BCUT2D eigenvalue weighted by molar-refractivity contribution is 5.76. The van der Waals surface area contributed by atoms with Gasteiger partial charge in [0.25, 0.3) is 0 Å². The molecule has 0 heterocycles. The Labute approximate surface area is 539 Å². The average molecular weight is 1210 g/mol. The van der Waals surface area contributed by atoms with Gasteiger partial charge in [0.2, 0.25) is 5.91 Å². The second-order valence-corrected chi connectivity index (χ2v) is 27.8. The summed E-state index contributed by atoms with van der Waals surface area (Å²) in [5.74, 6) is -0.00763. The molecule has 6 nitrogen and oxygen atoms in total. The number of allylic oxidation sites excluding steroid dienone is 2. The van der Waals surface area contributed by atoms with Crippen LogP contribution in [0.1, 0.15) is 463 Å². The standard InChI is InChI=1S/C80H157NO5/c1-3-5-7-9-11-13-15-17-19-46-50-54-58-62-66-70-74-80(85)86-75-71-67-63-59-55-51-47-44-42-40-38-36-34-32-30-28-26-24-22-20-21-23-25-27-29-31-33-35-37-39-41-43-45-49-53-57-61-65-69-73-79(84)81-77(76-82)78(83)72-68-64-60-56-52-48-18-16-14-12-10-8-6-4-2/h19,46,77-78,82-83H,3-18,20-45,47-76H2,1-2H3,(H,81,84)/b46-19-. The van der Waals surface area contributed by atoms with E-state index in [2.05, 4.69) is 31.3 Å². The highest BCUT2D eigenvalue weighted by Crippen LogP contribution is 2.20.